The molecule has 2 aliphatic rings. The van der Waals surface area contributed by atoms with E-state index in [9.17, 15) is 19.8 Å². The fourth-order valence-electron chi connectivity index (χ4n) is 4.26. The van der Waals surface area contributed by atoms with E-state index >= 15 is 0 Å². The van der Waals surface area contributed by atoms with Gasteiger partial charge >= 0.3 is 6.03 Å². The van der Waals surface area contributed by atoms with E-state index in [1.165, 1.54) is 42.9 Å². The zero-order valence-corrected chi connectivity index (χ0v) is 19.8. The van der Waals surface area contributed by atoms with Gasteiger partial charge in [-0.2, -0.15) is 0 Å². The van der Waals surface area contributed by atoms with Crippen molar-refractivity contribution in [3.8, 4) is 0 Å². The molecule has 9 nitrogen and oxygen atoms in total. The van der Waals surface area contributed by atoms with Crippen LogP contribution in [-0.4, -0.2) is 70.3 Å². The van der Waals surface area contributed by atoms with E-state index in [1.54, 1.807) is 30.3 Å². The maximum absolute atomic E-state index is 12.9. The molecule has 0 aromatic heterocycles. The van der Waals surface area contributed by atoms with Crippen LogP contribution in [0.1, 0.15) is 62.2 Å². The Balaban J connectivity index is 1.62. The number of nitrogens with one attached hydrogen (secondary N) is 1. The lowest BCUT2D eigenvalue weighted by molar-refractivity contribution is -0.0849. The van der Waals surface area contributed by atoms with E-state index in [2.05, 4.69) is 12.2 Å². The number of ketones is 1. The molecule has 3 rings (SSSR count). The van der Waals surface area contributed by atoms with Crippen molar-refractivity contribution in [2.75, 3.05) is 13.2 Å². The molecule has 1 fully saturated rings. The first kappa shape index (κ1) is 26.3. The molecular formula is C25H37N3O6. The standard InChI is InChI=1S/C25H37N3O6/c1-2-3-4-5-6-7-11-16-33-21-20(30)19(17-29)34-23(21)28-15-14-25(26,27-24(28)32)22(31)18-12-9-8-10-13-18/h8-10,12-15,19-21,23,29-30H,2-7,11,16-17,26H2,1H3,(H,27,32)/t19-,20-,21-,23-,25?/m1/s1. The topological polar surface area (TPSA) is 134 Å². The van der Waals surface area contributed by atoms with Crippen molar-refractivity contribution in [1.82, 2.24) is 10.2 Å². The molecule has 1 saturated heterocycles. The smallest absolute Gasteiger partial charge is 0.325 e. The van der Waals surface area contributed by atoms with Gasteiger partial charge in [-0.25, -0.2) is 4.79 Å². The average molecular weight is 476 g/mol. The summed E-state index contributed by atoms with van der Waals surface area (Å²) in [6.45, 7) is 2.17. The minimum atomic E-state index is -1.71. The lowest BCUT2D eigenvalue weighted by atomic mass is 9.97. The number of carbonyl (C=O) groups is 2. The SMILES string of the molecule is CCCCCCCCCO[C@@H]1[C@H](O)[C@@H](CO)O[C@H]1N1C=CC(N)(C(=O)c2ccccc2)NC1=O. The van der Waals surface area contributed by atoms with Crippen LogP contribution in [-0.2, 0) is 9.47 Å². The number of ether oxygens (including phenoxy) is 2. The molecule has 1 aromatic carbocycles. The van der Waals surface area contributed by atoms with Crippen LogP contribution in [0, 0.1) is 0 Å². The second kappa shape index (κ2) is 12.4. The van der Waals surface area contributed by atoms with Crippen LogP contribution in [0.5, 0.6) is 0 Å². The number of unbranched alkanes of at least 4 members (excludes halogenated alkanes) is 6. The van der Waals surface area contributed by atoms with Gasteiger partial charge in [0.05, 0.1) is 6.61 Å². The van der Waals surface area contributed by atoms with Crippen LogP contribution in [0.4, 0.5) is 4.79 Å². The largest absolute Gasteiger partial charge is 0.394 e. The van der Waals surface area contributed by atoms with Gasteiger partial charge in [0.1, 0.15) is 18.3 Å². The molecular weight excluding hydrogens is 438 g/mol. The number of nitrogens with two attached hydrogens (primary N) is 1. The first-order valence-electron chi connectivity index (χ1n) is 12.2. The van der Waals surface area contributed by atoms with Crippen LogP contribution >= 0.6 is 0 Å². The molecule has 0 aliphatic carbocycles. The Morgan fingerprint density at radius 3 is 2.50 bits per heavy atom. The Morgan fingerprint density at radius 1 is 1.18 bits per heavy atom. The van der Waals surface area contributed by atoms with Gasteiger partial charge in [-0.15, -0.1) is 0 Å². The monoisotopic (exact) mass is 475 g/mol. The third-order valence-electron chi connectivity index (χ3n) is 6.28. The summed E-state index contributed by atoms with van der Waals surface area (Å²) in [7, 11) is 0. The number of rotatable bonds is 13. The Labute approximate surface area is 200 Å². The lowest BCUT2D eigenvalue weighted by Crippen LogP contribution is -2.66. The van der Waals surface area contributed by atoms with Crippen molar-refractivity contribution in [3.63, 3.8) is 0 Å². The molecule has 1 aromatic rings. The summed E-state index contributed by atoms with van der Waals surface area (Å²) in [5, 5.41) is 22.7. The minimum absolute atomic E-state index is 0.368. The predicted octanol–water partition coefficient (Wildman–Crippen LogP) is 2.28. The van der Waals surface area contributed by atoms with Crippen molar-refractivity contribution >= 4 is 11.8 Å². The molecule has 0 radical (unpaired) electrons. The van der Waals surface area contributed by atoms with Gasteiger partial charge in [0.2, 0.25) is 5.78 Å². The second-order valence-corrected chi connectivity index (χ2v) is 8.91. The Hall–Kier alpha value is -2.30. The van der Waals surface area contributed by atoms with Crippen molar-refractivity contribution in [1.29, 1.82) is 0 Å². The quantitative estimate of drug-likeness (QED) is 0.254. The molecule has 2 heterocycles. The maximum Gasteiger partial charge on any atom is 0.325 e. The molecule has 5 N–H and O–H groups in total. The fraction of sp³-hybridized carbons (Fsp3) is 0.600. The van der Waals surface area contributed by atoms with E-state index in [-0.39, 0.29) is 0 Å². The number of carbonyl (C=O) groups excluding carboxylic acids is 2. The maximum atomic E-state index is 12.9. The van der Waals surface area contributed by atoms with Crippen LogP contribution in [0.25, 0.3) is 0 Å². The van der Waals surface area contributed by atoms with Crippen molar-refractivity contribution in [3.05, 3.63) is 48.2 Å². The molecule has 1 unspecified atom stereocenters. The van der Waals surface area contributed by atoms with E-state index in [1.807, 2.05) is 0 Å². The number of amides is 2. The number of Topliss-reactive ketones (excluding diaryl/α,β-unsaturated/α-hetero) is 1. The molecule has 34 heavy (non-hydrogen) atoms. The molecule has 0 bridgehead atoms. The van der Waals surface area contributed by atoms with Crippen LogP contribution in [0.2, 0.25) is 0 Å². The zero-order valence-electron chi connectivity index (χ0n) is 19.8. The molecule has 0 saturated carbocycles. The lowest BCUT2D eigenvalue weighted by Gasteiger charge is -2.37. The highest BCUT2D eigenvalue weighted by molar-refractivity contribution is 6.06. The minimum Gasteiger partial charge on any atom is -0.394 e. The van der Waals surface area contributed by atoms with Crippen LogP contribution < -0.4 is 11.1 Å². The highest BCUT2D eigenvalue weighted by Crippen LogP contribution is 2.29. The highest BCUT2D eigenvalue weighted by Gasteiger charge is 2.50. The highest BCUT2D eigenvalue weighted by atomic mass is 16.6. The molecule has 188 valence electrons. The molecule has 2 amide bonds. The number of aliphatic hydroxyl groups excluding tert-OH is 2. The third kappa shape index (κ3) is 6.22. The Morgan fingerprint density at radius 2 is 1.85 bits per heavy atom. The summed E-state index contributed by atoms with van der Waals surface area (Å²) in [4.78, 5) is 27.0. The van der Waals surface area contributed by atoms with Crippen molar-refractivity contribution in [2.45, 2.75) is 82.1 Å². The number of hydrogen-bond acceptors (Lipinski definition) is 7. The molecule has 9 heteroatoms. The zero-order chi connectivity index (χ0) is 24.6. The van der Waals surface area contributed by atoms with E-state index in [0.29, 0.717) is 12.2 Å². The van der Waals surface area contributed by atoms with Crippen LogP contribution in [0.3, 0.4) is 0 Å². The summed E-state index contributed by atoms with van der Waals surface area (Å²) in [5.41, 5.74) is 4.86. The van der Waals surface area contributed by atoms with Gasteiger partial charge < -0.3 is 25.0 Å². The van der Waals surface area contributed by atoms with Crippen LogP contribution in [0.15, 0.2) is 42.6 Å². The summed E-state index contributed by atoms with van der Waals surface area (Å²) < 4.78 is 11.7. The summed E-state index contributed by atoms with van der Waals surface area (Å²) in [6, 6.07) is 7.80. The normalized spacial score (nSPS) is 28.8. The predicted molar refractivity (Wildman–Crippen MR) is 127 cm³/mol. The van der Waals surface area contributed by atoms with Gasteiger partial charge in [0, 0.05) is 18.4 Å². The van der Waals surface area contributed by atoms with Crippen molar-refractivity contribution in [2.24, 2.45) is 5.73 Å². The first-order valence-corrected chi connectivity index (χ1v) is 12.2. The molecule has 5 atom stereocenters. The van der Waals surface area contributed by atoms with Gasteiger partial charge in [-0.05, 0) is 12.5 Å². The average Bonchev–Trinajstić information content (AvgIpc) is 3.15. The summed E-state index contributed by atoms with van der Waals surface area (Å²) in [6.07, 6.45) is 6.82. The summed E-state index contributed by atoms with van der Waals surface area (Å²) >= 11 is 0. The second-order valence-electron chi connectivity index (χ2n) is 8.91. The summed E-state index contributed by atoms with van der Waals surface area (Å²) in [5.74, 6) is -0.454. The number of urea groups is 1. The molecule has 2 aliphatic heterocycles. The first-order chi connectivity index (χ1) is 16.4. The number of nitrogens with zero attached hydrogens (tertiary/aromatic N) is 1. The Bertz CT molecular complexity index is 835. The number of aliphatic hydroxyl groups is 2. The Kier molecular flexibility index (Phi) is 9.61. The fourth-order valence-corrected chi connectivity index (χ4v) is 4.26. The third-order valence-corrected chi connectivity index (χ3v) is 6.28. The van der Waals surface area contributed by atoms with Gasteiger partial charge in [0.15, 0.2) is 11.9 Å². The number of benzene rings is 1. The van der Waals surface area contributed by atoms with E-state index < -0.39 is 48.6 Å². The van der Waals surface area contributed by atoms with Gasteiger partial charge in [0.25, 0.3) is 0 Å². The van der Waals surface area contributed by atoms with Gasteiger partial charge in [-0.3, -0.25) is 15.4 Å². The van der Waals surface area contributed by atoms with E-state index in [0.717, 1.165) is 19.3 Å². The van der Waals surface area contributed by atoms with E-state index in [4.69, 9.17) is 15.2 Å². The number of hydrogen-bond donors (Lipinski definition) is 4. The molecule has 0 spiro atoms. The van der Waals surface area contributed by atoms with Crippen molar-refractivity contribution < 1.29 is 29.3 Å². The van der Waals surface area contributed by atoms with Gasteiger partial charge in [-0.1, -0.05) is 75.8 Å².